The van der Waals surface area contributed by atoms with Gasteiger partial charge in [-0.25, -0.2) is 4.98 Å². The Kier molecular flexibility index (Phi) is 5.13. The van der Waals surface area contributed by atoms with Crippen molar-refractivity contribution in [3.63, 3.8) is 0 Å². The summed E-state index contributed by atoms with van der Waals surface area (Å²) in [6.07, 6.45) is -3.80. The van der Waals surface area contributed by atoms with E-state index in [0.29, 0.717) is 11.4 Å². The minimum Gasteiger partial charge on any atom is -0.340 e. The zero-order chi connectivity index (χ0) is 18.7. The van der Waals surface area contributed by atoms with E-state index in [0.717, 1.165) is 16.2 Å². The standard InChI is InChI=1S/C18H14BrF3N4/c1-11-3-2-4-14(9-11)25-17-23-10-15(18(20,21)22)16(26-17)24-13-7-5-12(19)6-8-13/h2-10H,1H3,(H2,23,24,25,26). The second-order valence-electron chi connectivity index (χ2n) is 5.58. The molecule has 26 heavy (non-hydrogen) atoms. The van der Waals surface area contributed by atoms with E-state index in [1.54, 1.807) is 30.3 Å². The van der Waals surface area contributed by atoms with E-state index < -0.39 is 11.7 Å². The van der Waals surface area contributed by atoms with E-state index in [4.69, 9.17) is 0 Å². The Morgan fingerprint density at radius 2 is 1.69 bits per heavy atom. The van der Waals surface area contributed by atoms with Crippen LogP contribution < -0.4 is 10.6 Å². The number of aromatic nitrogens is 2. The Balaban J connectivity index is 1.94. The van der Waals surface area contributed by atoms with Crippen LogP contribution in [0, 0.1) is 6.92 Å². The van der Waals surface area contributed by atoms with Gasteiger partial charge in [0.25, 0.3) is 0 Å². The molecule has 8 heteroatoms. The summed E-state index contributed by atoms with van der Waals surface area (Å²) in [5.74, 6) is -0.242. The normalized spacial score (nSPS) is 11.3. The summed E-state index contributed by atoms with van der Waals surface area (Å²) in [5.41, 5.74) is 1.25. The SMILES string of the molecule is Cc1cccc(Nc2ncc(C(F)(F)F)c(Nc3ccc(Br)cc3)n2)c1. The monoisotopic (exact) mass is 422 g/mol. The first-order chi connectivity index (χ1) is 12.3. The van der Waals surface area contributed by atoms with Crippen molar-refractivity contribution in [2.75, 3.05) is 10.6 Å². The first kappa shape index (κ1) is 18.2. The molecule has 4 nitrogen and oxygen atoms in total. The van der Waals surface area contributed by atoms with Gasteiger partial charge >= 0.3 is 6.18 Å². The number of halogens is 4. The van der Waals surface area contributed by atoms with Crippen LogP contribution in [0.5, 0.6) is 0 Å². The van der Waals surface area contributed by atoms with Crippen LogP contribution >= 0.6 is 15.9 Å². The van der Waals surface area contributed by atoms with Crippen LogP contribution in [-0.2, 0) is 6.18 Å². The molecule has 0 unspecified atom stereocenters. The molecule has 0 aliphatic rings. The van der Waals surface area contributed by atoms with Crippen LogP contribution in [0.3, 0.4) is 0 Å². The van der Waals surface area contributed by atoms with Gasteiger partial charge in [-0.2, -0.15) is 18.2 Å². The number of aryl methyl sites for hydroxylation is 1. The van der Waals surface area contributed by atoms with Gasteiger partial charge in [0.2, 0.25) is 5.95 Å². The summed E-state index contributed by atoms with van der Waals surface area (Å²) in [6, 6.07) is 14.1. The first-order valence-electron chi connectivity index (χ1n) is 7.62. The topological polar surface area (TPSA) is 49.8 Å². The second kappa shape index (κ2) is 7.33. The highest BCUT2D eigenvalue weighted by Gasteiger charge is 2.35. The van der Waals surface area contributed by atoms with Gasteiger partial charge in [0, 0.05) is 22.0 Å². The van der Waals surface area contributed by atoms with Crippen molar-refractivity contribution in [2.45, 2.75) is 13.1 Å². The molecule has 0 radical (unpaired) electrons. The van der Waals surface area contributed by atoms with Crippen molar-refractivity contribution in [3.05, 3.63) is 70.3 Å². The third kappa shape index (κ3) is 4.51. The predicted octanol–water partition coefficient (Wildman–Crippen LogP) is 6.05. The molecule has 2 aromatic carbocycles. The third-order valence-electron chi connectivity index (χ3n) is 3.48. The fourth-order valence-corrected chi connectivity index (χ4v) is 2.53. The van der Waals surface area contributed by atoms with E-state index in [2.05, 4.69) is 36.5 Å². The number of benzene rings is 2. The predicted molar refractivity (Wildman–Crippen MR) is 98.9 cm³/mol. The number of rotatable bonds is 4. The largest absolute Gasteiger partial charge is 0.421 e. The average molecular weight is 423 g/mol. The molecule has 3 aromatic rings. The molecule has 134 valence electrons. The summed E-state index contributed by atoms with van der Waals surface area (Å²) in [7, 11) is 0. The summed E-state index contributed by atoms with van der Waals surface area (Å²) < 4.78 is 40.7. The van der Waals surface area contributed by atoms with Crippen molar-refractivity contribution < 1.29 is 13.2 Å². The van der Waals surface area contributed by atoms with E-state index in [-0.39, 0.29) is 11.8 Å². The Labute approximate surface area is 156 Å². The minimum absolute atomic E-state index is 0.0724. The lowest BCUT2D eigenvalue weighted by molar-refractivity contribution is -0.137. The molecule has 0 saturated heterocycles. The fraction of sp³-hybridized carbons (Fsp3) is 0.111. The molecule has 3 rings (SSSR count). The summed E-state index contributed by atoms with van der Waals surface area (Å²) in [5, 5.41) is 5.63. The summed E-state index contributed by atoms with van der Waals surface area (Å²) in [4.78, 5) is 7.81. The van der Waals surface area contributed by atoms with Crippen molar-refractivity contribution in [1.29, 1.82) is 0 Å². The van der Waals surface area contributed by atoms with Gasteiger partial charge in [0.1, 0.15) is 11.4 Å². The third-order valence-corrected chi connectivity index (χ3v) is 4.00. The quantitative estimate of drug-likeness (QED) is 0.536. The lowest BCUT2D eigenvalue weighted by Gasteiger charge is -2.15. The lowest BCUT2D eigenvalue weighted by atomic mass is 10.2. The maximum absolute atomic E-state index is 13.3. The number of anilines is 4. The number of hydrogen-bond donors (Lipinski definition) is 2. The molecule has 0 amide bonds. The number of nitrogens with one attached hydrogen (secondary N) is 2. The number of nitrogens with zero attached hydrogens (tertiary/aromatic N) is 2. The van der Waals surface area contributed by atoms with Crippen LogP contribution in [0.25, 0.3) is 0 Å². The van der Waals surface area contributed by atoms with E-state index in [1.165, 1.54) is 0 Å². The maximum Gasteiger partial charge on any atom is 0.421 e. The minimum atomic E-state index is -4.57. The molecule has 0 atom stereocenters. The molecule has 1 aromatic heterocycles. The maximum atomic E-state index is 13.3. The highest BCUT2D eigenvalue weighted by Crippen LogP contribution is 2.35. The number of hydrogen-bond acceptors (Lipinski definition) is 4. The number of alkyl halides is 3. The second-order valence-corrected chi connectivity index (χ2v) is 6.50. The molecule has 0 bridgehead atoms. The summed E-state index contributed by atoms with van der Waals surface area (Å²) >= 11 is 3.29. The zero-order valence-corrected chi connectivity index (χ0v) is 15.2. The molecule has 2 N–H and O–H groups in total. The highest BCUT2D eigenvalue weighted by atomic mass is 79.9. The molecule has 0 aliphatic heterocycles. The van der Waals surface area contributed by atoms with Crippen LogP contribution in [0.15, 0.2) is 59.2 Å². The van der Waals surface area contributed by atoms with Gasteiger partial charge in [-0.3, -0.25) is 0 Å². The zero-order valence-electron chi connectivity index (χ0n) is 13.6. The first-order valence-corrected chi connectivity index (χ1v) is 8.41. The molecule has 0 fully saturated rings. The molecule has 1 heterocycles. The average Bonchev–Trinajstić information content (AvgIpc) is 2.56. The molecule has 0 saturated carbocycles. The van der Waals surface area contributed by atoms with Crippen LogP contribution in [0.1, 0.15) is 11.1 Å². The van der Waals surface area contributed by atoms with Crippen molar-refractivity contribution in [3.8, 4) is 0 Å². The van der Waals surface area contributed by atoms with Gasteiger partial charge in [0.05, 0.1) is 0 Å². The van der Waals surface area contributed by atoms with Crippen molar-refractivity contribution in [1.82, 2.24) is 9.97 Å². The smallest absolute Gasteiger partial charge is 0.340 e. The van der Waals surface area contributed by atoms with Gasteiger partial charge in [-0.05, 0) is 48.9 Å². The van der Waals surface area contributed by atoms with Gasteiger partial charge < -0.3 is 10.6 Å². The van der Waals surface area contributed by atoms with E-state index in [9.17, 15) is 13.2 Å². The van der Waals surface area contributed by atoms with Gasteiger partial charge in [0.15, 0.2) is 0 Å². The van der Waals surface area contributed by atoms with Crippen molar-refractivity contribution >= 4 is 39.1 Å². The Morgan fingerprint density at radius 3 is 2.35 bits per heavy atom. The highest BCUT2D eigenvalue weighted by molar-refractivity contribution is 9.10. The lowest BCUT2D eigenvalue weighted by Crippen LogP contribution is -2.12. The van der Waals surface area contributed by atoms with Crippen molar-refractivity contribution in [2.24, 2.45) is 0 Å². The van der Waals surface area contributed by atoms with Crippen LogP contribution in [0.4, 0.5) is 36.3 Å². The molecule has 0 spiro atoms. The van der Waals surface area contributed by atoms with Crippen LogP contribution in [0.2, 0.25) is 0 Å². The molecule has 0 aliphatic carbocycles. The molecular formula is C18H14BrF3N4. The molecular weight excluding hydrogens is 409 g/mol. The Morgan fingerprint density at radius 1 is 0.962 bits per heavy atom. The summed E-state index contributed by atoms with van der Waals surface area (Å²) in [6.45, 7) is 1.92. The fourth-order valence-electron chi connectivity index (χ4n) is 2.27. The Bertz CT molecular complexity index is 911. The van der Waals surface area contributed by atoms with E-state index >= 15 is 0 Å². The Hall–Kier alpha value is -2.61. The van der Waals surface area contributed by atoms with Gasteiger partial charge in [-0.15, -0.1) is 0 Å². The van der Waals surface area contributed by atoms with Crippen LogP contribution in [-0.4, -0.2) is 9.97 Å². The van der Waals surface area contributed by atoms with Gasteiger partial charge in [-0.1, -0.05) is 28.1 Å². The van der Waals surface area contributed by atoms with E-state index in [1.807, 2.05) is 25.1 Å².